The van der Waals surface area contributed by atoms with Crippen LogP contribution < -0.4 is 5.73 Å². The molecule has 0 unspecified atom stereocenters. The molecular formula is C15H16N6. The molecule has 2 heterocycles. The Kier molecular flexibility index (Phi) is 3.45. The van der Waals surface area contributed by atoms with Crippen molar-refractivity contribution in [1.29, 1.82) is 0 Å². The summed E-state index contributed by atoms with van der Waals surface area (Å²) >= 11 is 0. The van der Waals surface area contributed by atoms with Crippen molar-refractivity contribution in [2.45, 2.75) is 20.4 Å². The normalized spacial score (nSPS) is 10.8. The highest BCUT2D eigenvalue weighted by molar-refractivity contribution is 5.53. The van der Waals surface area contributed by atoms with Gasteiger partial charge in [-0.15, -0.1) is 15.0 Å². The van der Waals surface area contributed by atoms with E-state index >= 15 is 0 Å². The van der Waals surface area contributed by atoms with Crippen LogP contribution in [0.4, 0.5) is 0 Å². The number of rotatable bonds is 3. The summed E-state index contributed by atoms with van der Waals surface area (Å²) in [7, 11) is 0. The van der Waals surface area contributed by atoms with E-state index in [1.807, 2.05) is 50.2 Å². The number of nitrogens with zero attached hydrogens (tertiary/aromatic N) is 5. The summed E-state index contributed by atoms with van der Waals surface area (Å²) in [5.74, 6) is 1.21. The van der Waals surface area contributed by atoms with Crippen molar-refractivity contribution in [2.75, 3.05) is 0 Å². The molecule has 0 saturated carbocycles. The second kappa shape index (κ2) is 5.41. The lowest BCUT2D eigenvalue weighted by atomic mass is 10.1. The number of hydrogen-bond donors (Lipinski definition) is 1. The molecule has 6 nitrogen and oxygen atoms in total. The van der Waals surface area contributed by atoms with Crippen LogP contribution in [0.3, 0.4) is 0 Å². The second-order valence-corrected chi connectivity index (χ2v) is 4.86. The zero-order valence-electron chi connectivity index (χ0n) is 12.0. The molecule has 0 spiro atoms. The maximum absolute atomic E-state index is 5.83. The van der Waals surface area contributed by atoms with E-state index < -0.39 is 0 Å². The Labute approximate surface area is 122 Å². The van der Waals surface area contributed by atoms with Gasteiger partial charge in [-0.3, -0.25) is 0 Å². The van der Waals surface area contributed by atoms with Crippen LogP contribution in [-0.4, -0.2) is 25.2 Å². The fourth-order valence-corrected chi connectivity index (χ4v) is 2.27. The third kappa shape index (κ3) is 2.53. The van der Waals surface area contributed by atoms with E-state index in [1.54, 1.807) is 0 Å². The number of tetrazole rings is 1. The molecule has 3 rings (SSSR count). The van der Waals surface area contributed by atoms with Gasteiger partial charge < -0.3 is 5.73 Å². The number of aryl methyl sites for hydroxylation is 2. The third-order valence-corrected chi connectivity index (χ3v) is 3.29. The van der Waals surface area contributed by atoms with E-state index in [0.29, 0.717) is 18.2 Å². The first-order chi connectivity index (χ1) is 10.2. The van der Waals surface area contributed by atoms with Gasteiger partial charge in [0.05, 0.1) is 0 Å². The first kappa shape index (κ1) is 13.4. The summed E-state index contributed by atoms with van der Waals surface area (Å²) in [6.45, 7) is 4.33. The van der Waals surface area contributed by atoms with Crippen LogP contribution >= 0.6 is 0 Å². The van der Waals surface area contributed by atoms with Gasteiger partial charge >= 0.3 is 0 Å². The van der Waals surface area contributed by atoms with Gasteiger partial charge in [-0.1, -0.05) is 30.3 Å². The molecule has 0 fully saturated rings. The van der Waals surface area contributed by atoms with Crippen LogP contribution in [0.5, 0.6) is 0 Å². The van der Waals surface area contributed by atoms with Gasteiger partial charge in [0, 0.05) is 23.4 Å². The molecule has 0 amide bonds. The van der Waals surface area contributed by atoms with Crippen LogP contribution in [-0.2, 0) is 6.54 Å². The average molecular weight is 280 g/mol. The van der Waals surface area contributed by atoms with Crippen LogP contribution in [0.15, 0.2) is 36.4 Å². The summed E-state index contributed by atoms with van der Waals surface area (Å²) in [4.78, 5) is 5.95. The zero-order valence-corrected chi connectivity index (χ0v) is 12.0. The summed E-state index contributed by atoms with van der Waals surface area (Å²) in [5, 5.41) is 12.6. The van der Waals surface area contributed by atoms with E-state index in [-0.39, 0.29) is 0 Å². The maximum atomic E-state index is 5.83. The van der Waals surface area contributed by atoms with Crippen LogP contribution in [0.25, 0.3) is 17.2 Å². The van der Waals surface area contributed by atoms with Crippen LogP contribution in [0, 0.1) is 13.8 Å². The Hall–Kier alpha value is -2.60. The molecule has 0 aliphatic carbocycles. The number of nitrogens with two attached hydrogens (primary N) is 1. The molecule has 0 bridgehead atoms. The van der Waals surface area contributed by atoms with Crippen LogP contribution in [0.2, 0.25) is 0 Å². The molecule has 0 aliphatic rings. The van der Waals surface area contributed by atoms with Gasteiger partial charge in [-0.05, 0) is 30.7 Å². The number of aromatic nitrogens is 5. The van der Waals surface area contributed by atoms with Gasteiger partial charge in [-0.25, -0.2) is 4.98 Å². The highest BCUT2D eigenvalue weighted by Gasteiger charge is 2.13. The lowest BCUT2D eigenvalue weighted by Gasteiger charge is -2.09. The molecule has 0 saturated heterocycles. The second-order valence-electron chi connectivity index (χ2n) is 4.86. The van der Waals surface area contributed by atoms with Crippen molar-refractivity contribution in [2.24, 2.45) is 5.73 Å². The SMILES string of the molecule is Cc1cc(C)c(CN)c(-n2nnc(-c3ccccc3)n2)n1. The van der Waals surface area contributed by atoms with Crippen molar-refractivity contribution in [3.05, 3.63) is 53.2 Å². The lowest BCUT2D eigenvalue weighted by molar-refractivity contribution is 0.686. The predicted octanol–water partition coefficient (Wildman–Crippen LogP) is 1.80. The fraction of sp³-hybridized carbons (Fsp3) is 0.200. The Balaban J connectivity index is 2.09. The Morgan fingerprint density at radius 1 is 1.14 bits per heavy atom. The molecule has 3 aromatic rings. The van der Waals surface area contributed by atoms with E-state index in [4.69, 9.17) is 5.73 Å². The Morgan fingerprint density at radius 2 is 1.90 bits per heavy atom. The maximum Gasteiger partial charge on any atom is 0.205 e. The van der Waals surface area contributed by atoms with E-state index in [9.17, 15) is 0 Å². The molecule has 0 aliphatic heterocycles. The van der Waals surface area contributed by atoms with Gasteiger partial charge in [0.25, 0.3) is 0 Å². The summed E-state index contributed by atoms with van der Waals surface area (Å²) < 4.78 is 0. The number of benzene rings is 1. The smallest absolute Gasteiger partial charge is 0.205 e. The third-order valence-electron chi connectivity index (χ3n) is 3.29. The standard InChI is InChI=1S/C15H16N6/c1-10-8-11(2)17-15(13(10)9-16)21-19-14(18-20-21)12-6-4-3-5-7-12/h3-8H,9,16H2,1-2H3. The Bertz CT molecular complexity index is 763. The topological polar surface area (TPSA) is 82.5 Å². The number of pyridine rings is 1. The van der Waals surface area contributed by atoms with Crippen molar-refractivity contribution in [1.82, 2.24) is 25.2 Å². The van der Waals surface area contributed by atoms with Crippen molar-refractivity contribution >= 4 is 0 Å². The van der Waals surface area contributed by atoms with Gasteiger partial charge in [0.1, 0.15) is 0 Å². The minimum atomic E-state index is 0.386. The zero-order chi connectivity index (χ0) is 14.8. The summed E-state index contributed by atoms with van der Waals surface area (Å²) in [5.41, 5.74) is 9.66. The fourth-order valence-electron chi connectivity index (χ4n) is 2.27. The molecule has 2 N–H and O–H groups in total. The molecule has 106 valence electrons. The quantitative estimate of drug-likeness (QED) is 0.791. The molecule has 1 aromatic carbocycles. The van der Waals surface area contributed by atoms with Crippen molar-refractivity contribution < 1.29 is 0 Å². The molecular weight excluding hydrogens is 264 g/mol. The molecule has 21 heavy (non-hydrogen) atoms. The monoisotopic (exact) mass is 280 g/mol. The highest BCUT2D eigenvalue weighted by atomic mass is 15.6. The van der Waals surface area contributed by atoms with E-state index in [2.05, 4.69) is 20.4 Å². The van der Waals surface area contributed by atoms with Crippen LogP contribution in [0.1, 0.15) is 16.8 Å². The van der Waals surface area contributed by atoms with Gasteiger partial charge in [0.15, 0.2) is 5.82 Å². The van der Waals surface area contributed by atoms with Crippen molar-refractivity contribution in [3.63, 3.8) is 0 Å². The predicted molar refractivity (Wildman–Crippen MR) is 79.8 cm³/mol. The molecule has 2 aromatic heterocycles. The number of hydrogen-bond acceptors (Lipinski definition) is 5. The molecule has 0 radical (unpaired) electrons. The average Bonchev–Trinajstić information content (AvgIpc) is 2.97. The largest absolute Gasteiger partial charge is 0.326 e. The molecule has 0 atom stereocenters. The summed E-state index contributed by atoms with van der Waals surface area (Å²) in [6, 6.07) is 11.7. The minimum Gasteiger partial charge on any atom is -0.326 e. The molecule has 6 heteroatoms. The first-order valence-corrected chi connectivity index (χ1v) is 6.72. The van der Waals surface area contributed by atoms with Gasteiger partial charge in [0.2, 0.25) is 5.82 Å². The van der Waals surface area contributed by atoms with Crippen molar-refractivity contribution in [3.8, 4) is 17.2 Å². The van der Waals surface area contributed by atoms with E-state index in [1.165, 1.54) is 4.80 Å². The minimum absolute atomic E-state index is 0.386. The highest BCUT2D eigenvalue weighted by Crippen LogP contribution is 2.18. The Morgan fingerprint density at radius 3 is 2.62 bits per heavy atom. The summed E-state index contributed by atoms with van der Waals surface area (Å²) in [6.07, 6.45) is 0. The lowest BCUT2D eigenvalue weighted by Crippen LogP contribution is -2.12. The van der Waals surface area contributed by atoms with E-state index in [0.717, 1.165) is 22.4 Å². The van der Waals surface area contributed by atoms with Gasteiger partial charge in [-0.2, -0.15) is 0 Å². The first-order valence-electron chi connectivity index (χ1n) is 6.72.